The number of rotatable bonds is 8. The van der Waals surface area contributed by atoms with E-state index >= 15 is 0 Å². The van der Waals surface area contributed by atoms with Crippen molar-refractivity contribution in [3.63, 3.8) is 0 Å². The molecule has 2 N–H and O–H groups in total. The van der Waals surface area contributed by atoms with Crippen molar-refractivity contribution < 1.29 is 18.9 Å². The van der Waals surface area contributed by atoms with E-state index in [4.69, 9.17) is 28.9 Å². The van der Waals surface area contributed by atoms with Gasteiger partial charge in [-0.1, -0.05) is 48.5 Å². The molecule has 0 aliphatic carbocycles. The van der Waals surface area contributed by atoms with Crippen LogP contribution in [0.3, 0.4) is 0 Å². The number of methoxy groups -OCH3 is 4. The van der Waals surface area contributed by atoms with Gasteiger partial charge in [0, 0.05) is 69.1 Å². The summed E-state index contributed by atoms with van der Waals surface area (Å²) in [7, 11) is 6.66. The van der Waals surface area contributed by atoms with Crippen LogP contribution >= 0.6 is 0 Å². The lowest BCUT2D eigenvalue weighted by atomic mass is 10.1. The highest BCUT2D eigenvalue weighted by atomic mass is 16.5. The zero-order chi connectivity index (χ0) is 35.9. The van der Waals surface area contributed by atoms with Crippen LogP contribution in [0.1, 0.15) is 0 Å². The Labute approximate surface area is 302 Å². The number of aromatic amines is 2. The molecular formula is C44H38N4O4. The van der Waals surface area contributed by atoms with Crippen molar-refractivity contribution in [2.75, 3.05) is 28.4 Å². The fourth-order valence-corrected chi connectivity index (χ4v) is 6.07. The van der Waals surface area contributed by atoms with E-state index < -0.39 is 0 Å². The van der Waals surface area contributed by atoms with E-state index in [1.165, 1.54) is 0 Å². The molecule has 0 amide bonds. The summed E-state index contributed by atoms with van der Waals surface area (Å²) in [5.74, 6) is 3.11. The molecule has 52 heavy (non-hydrogen) atoms. The Kier molecular flexibility index (Phi) is 9.97. The van der Waals surface area contributed by atoms with Crippen molar-refractivity contribution >= 4 is 22.1 Å². The highest BCUT2D eigenvalue weighted by Crippen LogP contribution is 2.32. The largest absolute Gasteiger partial charge is 0.497 e. The molecule has 0 aliphatic rings. The first-order valence-electron chi connectivity index (χ1n) is 16.7. The summed E-state index contributed by atoms with van der Waals surface area (Å²) < 4.78 is 21.8. The van der Waals surface area contributed by atoms with E-state index in [1.807, 2.05) is 122 Å². The molecule has 0 saturated carbocycles. The molecule has 7 aromatic rings. The van der Waals surface area contributed by atoms with Gasteiger partial charge in [-0.05, 0) is 95.1 Å². The van der Waals surface area contributed by atoms with E-state index in [1.54, 1.807) is 28.4 Å². The summed E-state index contributed by atoms with van der Waals surface area (Å²) in [6.45, 7) is 0. The van der Waals surface area contributed by atoms with Gasteiger partial charge < -0.3 is 28.9 Å². The molecule has 0 saturated heterocycles. The van der Waals surface area contributed by atoms with Crippen molar-refractivity contribution in [2.45, 2.75) is 0 Å². The zero-order valence-corrected chi connectivity index (χ0v) is 29.4. The van der Waals surface area contributed by atoms with Crippen LogP contribution in [0, 0.1) is 0 Å². The van der Waals surface area contributed by atoms with Gasteiger partial charge >= 0.3 is 0 Å². The van der Waals surface area contributed by atoms with Gasteiger partial charge in [0.1, 0.15) is 23.0 Å². The van der Waals surface area contributed by atoms with Crippen LogP contribution in [0.25, 0.3) is 66.6 Å². The molecule has 0 aliphatic heterocycles. The van der Waals surface area contributed by atoms with Gasteiger partial charge in [-0.3, -0.25) is 9.97 Å². The Balaban J connectivity index is 1.55. The number of hydrogen-bond donors (Lipinski definition) is 2. The second-order valence-electron chi connectivity index (χ2n) is 12.0. The third kappa shape index (κ3) is 7.22. The number of nitrogens with zero attached hydrogens (tertiary/aromatic N) is 2. The number of fused-ring (bicyclic) bond motifs is 4. The van der Waals surface area contributed by atoms with Gasteiger partial charge in [0.25, 0.3) is 0 Å². The van der Waals surface area contributed by atoms with Crippen molar-refractivity contribution in [1.29, 1.82) is 0 Å². The summed E-state index contributed by atoms with van der Waals surface area (Å²) in [4.78, 5) is 17.2. The van der Waals surface area contributed by atoms with Crippen molar-refractivity contribution in [2.24, 2.45) is 0 Å². The van der Waals surface area contributed by atoms with E-state index in [0.717, 1.165) is 89.6 Å². The minimum absolute atomic E-state index is 0.777. The van der Waals surface area contributed by atoms with E-state index in [9.17, 15) is 0 Å². The first-order chi connectivity index (χ1) is 25.6. The van der Waals surface area contributed by atoms with Crippen molar-refractivity contribution in [3.8, 4) is 67.5 Å². The fraction of sp³-hybridized carbons (Fsp3) is 0.0909. The Hall–Kier alpha value is -6.80. The summed E-state index contributed by atoms with van der Waals surface area (Å²) >= 11 is 0. The molecule has 8 heteroatoms. The normalized spacial score (nSPS) is 10.7. The molecule has 258 valence electrons. The first-order valence-corrected chi connectivity index (χ1v) is 16.7. The summed E-state index contributed by atoms with van der Waals surface area (Å²) in [6.07, 6.45) is 7.56. The maximum absolute atomic E-state index is 5.45. The molecule has 0 spiro atoms. The highest BCUT2D eigenvalue weighted by Gasteiger charge is 2.09. The van der Waals surface area contributed by atoms with Crippen LogP contribution in [0.5, 0.6) is 23.0 Å². The second-order valence-corrected chi connectivity index (χ2v) is 12.0. The van der Waals surface area contributed by atoms with Gasteiger partial charge in [0.15, 0.2) is 0 Å². The van der Waals surface area contributed by atoms with Gasteiger partial charge in [-0.25, -0.2) is 0 Å². The first kappa shape index (κ1) is 33.7. The van der Waals surface area contributed by atoms with E-state index in [2.05, 4.69) is 34.2 Å². The smallest absolute Gasteiger partial charge is 0.118 e. The molecule has 8 nitrogen and oxygen atoms in total. The van der Waals surface area contributed by atoms with Crippen LogP contribution in [0.15, 0.2) is 146 Å². The average Bonchev–Trinajstić information content (AvgIpc) is 3.89. The summed E-state index contributed by atoms with van der Waals surface area (Å²) in [6, 6.07) is 40.1. The quantitative estimate of drug-likeness (QED) is 0.165. The van der Waals surface area contributed by atoms with Crippen LogP contribution in [-0.4, -0.2) is 48.4 Å². The third-order valence-corrected chi connectivity index (χ3v) is 8.95. The standard InChI is InChI=1S/C44H38N4O4/c1-49-33-13-5-29(6-14-33)37-25-45-26-38(30-7-15-34(50-2)16-8-30)43-23-24-44(48-43)40(32-11-19-36(52-4)20-12-32)28-46-27-39(42-22-21-41(37)47-42)31-9-17-35(51-3)18-10-31/h5-28,47-48H,1-4H3. The number of benzene rings is 4. The molecule has 0 atom stereocenters. The Morgan fingerprint density at radius 1 is 0.308 bits per heavy atom. The van der Waals surface area contributed by atoms with Crippen LogP contribution in [0.4, 0.5) is 0 Å². The van der Waals surface area contributed by atoms with Crippen LogP contribution in [0.2, 0.25) is 0 Å². The molecular weight excluding hydrogens is 649 g/mol. The second kappa shape index (κ2) is 15.4. The topological polar surface area (TPSA) is 94.3 Å². The maximum Gasteiger partial charge on any atom is 0.118 e. The number of aromatic nitrogens is 4. The molecule has 0 radical (unpaired) electrons. The molecule has 0 unspecified atom stereocenters. The summed E-state index contributed by atoms with van der Waals surface area (Å²) in [5, 5.41) is 0. The van der Waals surface area contributed by atoms with E-state index in [0.29, 0.717) is 0 Å². The lowest BCUT2D eigenvalue weighted by molar-refractivity contribution is 0.415. The molecule has 3 aromatic heterocycles. The predicted molar refractivity (Wildman–Crippen MR) is 209 cm³/mol. The van der Waals surface area contributed by atoms with Crippen LogP contribution < -0.4 is 18.9 Å². The Bertz CT molecular complexity index is 2090. The Morgan fingerprint density at radius 3 is 0.712 bits per heavy atom. The minimum Gasteiger partial charge on any atom is -0.497 e. The zero-order valence-electron chi connectivity index (χ0n) is 29.4. The van der Waals surface area contributed by atoms with Gasteiger partial charge in [0.2, 0.25) is 0 Å². The van der Waals surface area contributed by atoms with Gasteiger partial charge in [-0.15, -0.1) is 0 Å². The Morgan fingerprint density at radius 2 is 0.519 bits per heavy atom. The molecule has 7 rings (SSSR count). The number of nitrogens with one attached hydrogen (secondary N) is 2. The summed E-state index contributed by atoms with van der Waals surface area (Å²) in [5.41, 5.74) is 11.1. The fourth-order valence-electron chi connectivity index (χ4n) is 6.07. The molecule has 4 bridgehead atoms. The lowest BCUT2D eigenvalue weighted by Crippen LogP contribution is -1.86. The number of H-pyrrole nitrogens is 2. The number of hydrogen-bond acceptors (Lipinski definition) is 6. The van der Waals surface area contributed by atoms with Gasteiger partial charge in [-0.2, -0.15) is 0 Å². The van der Waals surface area contributed by atoms with Crippen molar-refractivity contribution in [3.05, 3.63) is 146 Å². The van der Waals surface area contributed by atoms with Gasteiger partial charge in [0.05, 0.1) is 28.4 Å². The SMILES string of the molecule is COc1ccc(-c2cncc(-c3ccc(OC)cc3)c3ccc([nH]3)c(-c3ccc(OC)cc3)cncc(-c3ccc(OC)cc3)c3ccc2[nH]3)cc1. The van der Waals surface area contributed by atoms with Crippen molar-refractivity contribution in [1.82, 2.24) is 19.9 Å². The molecule has 0 fully saturated rings. The highest BCUT2D eigenvalue weighted by molar-refractivity contribution is 5.88. The maximum atomic E-state index is 5.45. The number of ether oxygens (including phenoxy) is 4. The van der Waals surface area contributed by atoms with Crippen LogP contribution in [-0.2, 0) is 0 Å². The predicted octanol–water partition coefficient (Wildman–Crippen LogP) is 10.4. The average molecular weight is 687 g/mol. The minimum atomic E-state index is 0.777. The molecule has 4 aromatic carbocycles. The van der Waals surface area contributed by atoms with E-state index in [-0.39, 0.29) is 0 Å². The third-order valence-electron chi connectivity index (χ3n) is 8.95. The monoisotopic (exact) mass is 686 g/mol. The lowest BCUT2D eigenvalue weighted by Gasteiger charge is -2.05. The molecule has 3 heterocycles.